The van der Waals surface area contributed by atoms with Crippen LogP contribution in [0.5, 0.6) is 5.75 Å². The minimum Gasteiger partial charge on any atom is -0.497 e. The molecule has 0 amide bonds. The molecule has 0 spiro atoms. The van der Waals surface area contributed by atoms with Crippen molar-refractivity contribution in [3.05, 3.63) is 28.6 Å². The van der Waals surface area contributed by atoms with E-state index in [4.69, 9.17) is 4.74 Å². The molecule has 1 nitrogen and oxygen atoms in total. The van der Waals surface area contributed by atoms with Crippen molar-refractivity contribution >= 4 is 12.2 Å². The van der Waals surface area contributed by atoms with Crippen molar-refractivity contribution < 1.29 is 4.74 Å². The van der Waals surface area contributed by atoms with Gasteiger partial charge in [-0.1, -0.05) is 45.4 Å². The van der Waals surface area contributed by atoms with Crippen LogP contribution in [0.2, 0.25) is 0 Å². The van der Waals surface area contributed by atoms with E-state index in [1.807, 2.05) is 26.0 Å². The number of hydrogen-bond donors (Lipinski definition) is 0. The Morgan fingerprint density at radius 1 is 1.31 bits per heavy atom. The first-order valence-electron chi connectivity index (χ1n) is 6.01. The number of methoxy groups -OCH3 is 1. The van der Waals surface area contributed by atoms with Gasteiger partial charge >= 0.3 is 0 Å². The largest absolute Gasteiger partial charge is 0.497 e. The topological polar surface area (TPSA) is 9.23 Å². The van der Waals surface area contributed by atoms with E-state index in [2.05, 4.69) is 26.5 Å². The summed E-state index contributed by atoms with van der Waals surface area (Å²) in [4.78, 5) is 0. The third-order valence-corrected chi connectivity index (χ3v) is 2.40. The molecule has 0 aliphatic rings. The minimum absolute atomic E-state index is 0.905. The molecule has 0 aromatic heterocycles. The van der Waals surface area contributed by atoms with Gasteiger partial charge in [-0.05, 0) is 35.9 Å². The van der Waals surface area contributed by atoms with Gasteiger partial charge in [0.15, 0.2) is 0 Å². The third-order valence-electron chi connectivity index (χ3n) is 2.40. The van der Waals surface area contributed by atoms with E-state index < -0.39 is 0 Å². The second-order valence-corrected chi connectivity index (χ2v) is 3.55. The van der Waals surface area contributed by atoms with Crippen molar-refractivity contribution in [3.8, 4) is 5.75 Å². The molecule has 0 bridgehead atoms. The molecule has 0 aliphatic heterocycles. The lowest BCUT2D eigenvalue weighted by molar-refractivity contribution is 0.414. The summed E-state index contributed by atoms with van der Waals surface area (Å²) in [7, 11) is 1.69. The number of hydrogen-bond acceptors (Lipinski definition) is 1. The molecule has 0 radical (unpaired) electrons. The van der Waals surface area contributed by atoms with Crippen LogP contribution in [0.25, 0.3) is 12.2 Å². The van der Waals surface area contributed by atoms with Crippen LogP contribution in [0, 0.1) is 0 Å². The zero-order valence-electron chi connectivity index (χ0n) is 11.3. The zero-order chi connectivity index (χ0) is 12.6. The SMILES string of the molecule is C=c1ccc(OC)c/c1=C(/C)CCC.CC. The Kier molecular flexibility index (Phi) is 7.36. The molecule has 1 aromatic rings. The Labute approximate surface area is 99.5 Å². The highest BCUT2D eigenvalue weighted by molar-refractivity contribution is 5.44. The van der Waals surface area contributed by atoms with Crippen molar-refractivity contribution in [2.45, 2.75) is 40.5 Å². The van der Waals surface area contributed by atoms with E-state index in [9.17, 15) is 0 Å². The summed E-state index contributed by atoms with van der Waals surface area (Å²) in [5.41, 5.74) is 1.39. The number of benzene rings is 1. The highest BCUT2D eigenvalue weighted by atomic mass is 16.5. The molecule has 0 saturated carbocycles. The molecule has 0 N–H and O–H groups in total. The molecule has 0 atom stereocenters. The smallest absolute Gasteiger partial charge is 0.119 e. The molecule has 0 aliphatic carbocycles. The van der Waals surface area contributed by atoms with Crippen molar-refractivity contribution in [1.29, 1.82) is 0 Å². The van der Waals surface area contributed by atoms with E-state index in [0.717, 1.165) is 17.4 Å². The molecule has 1 rings (SSSR count). The standard InChI is InChI=1S/C13H18O.C2H6/c1-5-6-10(2)13-9-12(14-4)8-7-11(13)3;1-2/h7-9H,3,5-6H2,1-2,4H3;1-2H3/b13-10+;. The van der Waals surface area contributed by atoms with Gasteiger partial charge < -0.3 is 4.74 Å². The van der Waals surface area contributed by atoms with Gasteiger partial charge in [-0.25, -0.2) is 0 Å². The van der Waals surface area contributed by atoms with Crippen molar-refractivity contribution in [2.24, 2.45) is 0 Å². The first-order valence-corrected chi connectivity index (χ1v) is 6.01. The van der Waals surface area contributed by atoms with Crippen LogP contribution >= 0.6 is 0 Å². The molecular formula is C15H24O. The summed E-state index contributed by atoms with van der Waals surface area (Å²) in [6, 6.07) is 6.02. The van der Waals surface area contributed by atoms with Gasteiger partial charge in [0.2, 0.25) is 0 Å². The molecule has 0 heterocycles. The summed E-state index contributed by atoms with van der Waals surface area (Å²) < 4.78 is 5.20. The van der Waals surface area contributed by atoms with E-state index >= 15 is 0 Å². The number of rotatable bonds is 3. The lowest BCUT2D eigenvalue weighted by Crippen LogP contribution is -2.24. The second-order valence-electron chi connectivity index (χ2n) is 3.55. The summed E-state index contributed by atoms with van der Waals surface area (Å²) in [6.45, 7) is 12.4. The van der Waals surface area contributed by atoms with Crippen LogP contribution in [0.3, 0.4) is 0 Å². The van der Waals surface area contributed by atoms with Crippen LogP contribution in [0.1, 0.15) is 40.5 Å². The molecule has 0 unspecified atom stereocenters. The van der Waals surface area contributed by atoms with E-state index in [1.54, 1.807) is 7.11 Å². The van der Waals surface area contributed by atoms with Gasteiger partial charge in [0, 0.05) is 0 Å². The number of ether oxygens (including phenoxy) is 1. The molecule has 90 valence electrons. The monoisotopic (exact) mass is 220 g/mol. The quantitative estimate of drug-likeness (QED) is 0.760. The van der Waals surface area contributed by atoms with Crippen molar-refractivity contribution in [2.75, 3.05) is 7.11 Å². The Morgan fingerprint density at radius 2 is 1.94 bits per heavy atom. The molecule has 1 aromatic carbocycles. The minimum atomic E-state index is 0.905. The van der Waals surface area contributed by atoms with Gasteiger partial charge in [-0.15, -0.1) is 0 Å². The summed E-state index contributed by atoms with van der Waals surface area (Å²) in [5, 5.41) is 2.31. The van der Waals surface area contributed by atoms with Crippen LogP contribution in [-0.4, -0.2) is 7.11 Å². The lowest BCUT2D eigenvalue weighted by Gasteiger charge is -2.02. The fraction of sp³-hybridized carbons (Fsp3) is 0.467. The first kappa shape index (κ1) is 14.8. The maximum atomic E-state index is 5.20. The van der Waals surface area contributed by atoms with Crippen molar-refractivity contribution in [3.63, 3.8) is 0 Å². The first-order chi connectivity index (χ1) is 7.69. The van der Waals surface area contributed by atoms with Crippen molar-refractivity contribution in [1.82, 2.24) is 0 Å². The predicted molar refractivity (Wildman–Crippen MR) is 73.1 cm³/mol. The van der Waals surface area contributed by atoms with Crippen LogP contribution in [0.15, 0.2) is 18.2 Å². The highest BCUT2D eigenvalue weighted by Gasteiger charge is 1.94. The second kappa shape index (κ2) is 7.98. The summed E-state index contributed by atoms with van der Waals surface area (Å²) >= 11 is 0. The van der Waals surface area contributed by atoms with E-state index in [1.165, 1.54) is 17.2 Å². The maximum Gasteiger partial charge on any atom is 0.119 e. The average Bonchev–Trinajstić information content (AvgIpc) is 2.32. The average molecular weight is 220 g/mol. The van der Waals surface area contributed by atoms with Gasteiger partial charge in [-0.2, -0.15) is 0 Å². The lowest BCUT2D eigenvalue weighted by atomic mass is 10.1. The van der Waals surface area contributed by atoms with Gasteiger partial charge in [0.1, 0.15) is 5.75 Å². The fourth-order valence-corrected chi connectivity index (χ4v) is 1.59. The van der Waals surface area contributed by atoms with Gasteiger partial charge in [0.05, 0.1) is 7.11 Å². The maximum absolute atomic E-state index is 5.20. The molecule has 1 heteroatoms. The Hall–Kier alpha value is -1.24. The van der Waals surface area contributed by atoms with Gasteiger partial charge in [-0.3, -0.25) is 0 Å². The fourth-order valence-electron chi connectivity index (χ4n) is 1.59. The van der Waals surface area contributed by atoms with Crippen LogP contribution < -0.4 is 15.2 Å². The highest BCUT2D eigenvalue weighted by Crippen LogP contribution is 2.05. The summed E-state index contributed by atoms with van der Waals surface area (Å²) in [5.74, 6) is 0.905. The normalized spacial score (nSPS) is 11.3. The Balaban J connectivity index is 0.00000106. The molecule has 0 saturated heterocycles. The molecule has 16 heavy (non-hydrogen) atoms. The van der Waals surface area contributed by atoms with Crippen LogP contribution in [0.4, 0.5) is 0 Å². The van der Waals surface area contributed by atoms with E-state index in [-0.39, 0.29) is 0 Å². The van der Waals surface area contributed by atoms with Crippen LogP contribution in [-0.2, 0) is 0 Å². The Morgan fingerprint density at radius 3 is 2.44 bits per heavy atom. The van der Waals surface area contributed by atoms with E-state index in [0.29, 0.717) is 0 Å². The predicted octanol–water partition coefficient (Wildman–Crippen LogP) is 3.10. The summed E-state index contributed by atoms with van der Waals surface area (Å²) in [6.07, 6.45) is 2.29. The molecule has 0 fully saturated rings. The van der Waals surface area contributed by atoms with Gasteiger partial charge in [0.25, 0.3) is 0 Å². The zero-order valence-corrected chi connectivity index (χ0v) is 11.3. The Bertz CT molecular complexity index is 404. The third kappa shape index (κ3) is 4.09. The molecular weight excluding hydrogens is 196 g/mol.